The van der Waals surface area contributed by atoms with Crippen molar-refractivity contribution in [3.63, 3.8) is 0 Å². The summed E-state index contributed by atoms with van der Waals surface area (Å²) in [5.41, 5.74) is 2.06. The van der Waals surface area contributed by atoms with Crippen LogP contribution in [0, 0.1) is 3.57 Å². The van der Waals surface area contributed by atoms with E-state index in [2.05, 4.69) is 34.2 Å². The van der Waals surface area contributed by atoms with Crippen LogP contribution in [0.15, 0.2) is 70.1 Å². The minimum Gasteiger partial charge on any atom is -0.493 e. The normalized spacial score (nSPS) is 15.2. The Hall–Kier alpha value is -2.89. The Kier molecular flexibility index (Phi) is 8.56. The number of hydrogen-bond acceptors (Lipinski definition) is 7. The van der Waals surface area contributed by atoms with E-state index in [1.807, 2.05) is 12.1 Å². The maximum atomic E-state index is 13.8. The molecule has 10 heteroatoms. The van der Waals surface area contributed by atoms with Crippen LogP contribution in [0.5, 0.6) is 11.5 Å². The molecule has 192 valence electrons. The fourth-order valence-corrected chi connectivity index (χ4v) is 5.96. The van der Waals surface area contributed by atoms with E-state index in [0.29, 0.717) is 43.7 Å². The monoisotopic (exact) mass is 650 g/mol. The Balaban J connectivity index is 1.90. The fraction of sp³-hybridized carbons (Fsp3) is 0.222. The quantitative estimate of drug-likeness (QED) is 0.202. The number of halogens is 2. The first kappa shape index (κ1) is 27.2. The third kappa shape index (κ3) is 5.53. The predicted molar refractivity (Wildman–Crippen MR) is 153 cm³/mol. The fourth-order valence-electron chi connectivity index (χ4n) is 4.01. The summed E-state index contributed by atoms with van der Waals surface area (Å²) in [6, 6.07) is 10.1. The number of ether oxygens (including phenoxy) is 3. The van der Waals surface area contributed by atoms with Gasteiger partial charge in [0.25, 0.3) is 5.56 Å². The van der Waals surface area contributed by atoms with E-state index < -0.39 is 12.0 Å². The standard InChI is InChI=1S/C27H24ClIN2O5S/c1-5-11-36-24-19(29)12-16(13-20(24)34-4)14-21-25(32)31-23(17-7-9-18(28)10-8-17)22(26(33)35-6-2)15(3)30-27(31)37-21/h5,7-10,12-14,23H,1,6,11H2,2-4H3/b21-14-/t23-/m0/s1. The first-order chi connectivity index (χ1) is 17.8. The predicted octanol–water partition coefficient (Wildman–Crippen LogP) is 4.63. The van der Waals surface area contributed by atoms with E-state index >= 15 is 0 Å². The van der Waals surface area contributed by atoms with E-state index in [1.165, 1.54) is 11.3 Å². The lowest BCUT2D eigenvalue weighted by Crippen LogP contribution is -2.39. The first-order valence-electron chi connectivity index (χ1n) is 11.3. The largest absolute Gasteiger partial charge is 0.493 e. The van der Waals surface area contributed by atoms with Crippen molar-refractivity contribution in [2.75, 3.05) is 20.3 Å². The molecule has 1 aliphatic heterocycles. The molecule has 1 atom stereocenters. The van der Waals surface area contributed by atoms with Gasteiger partial charge in [-0.3, -0.25) is 9.36 Å². The smallest absolute Gasteiger partial charge is 0.338 e. The minimum absolute atomic E-state index is 0.209. The molecule has 0 unspecified atom stereocenters. The molecule has 2 aromatic carbocycles. The Morgan fingerprint density at radius 3 is 2.68 bits per heavy atom. The molecule has 0 saturated carbocycles. The molecule has 1 aromatic heterocycles. The van der Waals surface area contributed by atoms with Gasteiger partial charge in [-0.15, -0.1) is 0 Å². The number of nitrogens with zero attached hydrogens (tertiary/aromatic N) is 2. The molecule has 0 aliphatic carbocycles. The molecule has 0 amide bonds. The van der Waals surface area contributed by atoms with Crippen LogP contribution >= 0.6 is 45.5 Å². The Bertz CT molecular complexity index is 1570. The maximum absolute atomic E-state index is 13.8. The van der Waals surface area contributed by atoms with Gasteiger partial charge < -0.3 is 14.2 Å². The third-order valence-electron chi connectivity index (χ3n) is 5.60. The van der Waals surface area contributed by atoms with Crippen molar-refractivity contribution >= 4 is 57.6 Å². The highest BCUT2D eigenvalue weighted by molar-refractivity contribution is 14.1. The summed E-state index contributed by atoms with van der Waals surface area (Å²) in [6.45, 7) is 7.73. The van der Waals surface area contributed by atoms with Gasteiger partial charge in [0.2, 0.25) is 0 Å². The van der Waals surface area contributed by atoms with Gasteiger partial charge in [0.15, 0.2) is 16.3 Å². The number of rotatable bonds is 8. The van der Waals surface area contributed by atoms with Crippen molar-refractivity contribution < 1.29 is 19.0 Å². The van der Waals surface area contributed by atoms with Crippen LogP contribution in [0.3, 0.4) is 0 Å². The Labute approximate surface area is 236 Å². The van der Waals surface area contributed by atoms with E-state index in [1.54, 1.807) is 61.9 Å². The summed E-state index contributed by atoms with van der Waals surface area (Å²) in [4.78, 5) is 31.8. The van der Waals surface area contributed by atoms with Crippen LogP contribution in [0.4, 0.5) is 0 Å². The molecule has 37 heavy (non-hydrogen) atoms. The average Bonchev–Trinajstić information content (AvgIpc) is 3.17. The third-order valence-corrected chi connectivity index (χ3v) is 7.63. The number of esters is 1. The van der Waals surface area contributed by atoms with Crippen LogP contribution in [0.1, 0.15) is 31.0 Å². The summed E-state index contributed by atoms with van der Waals surface area (Å²) in [7, 11) is 1.57. The number of carbonyl (C=O) groups is 1. The lowest BCUT2D eigenvalue weighted by Gasteiger charge is -2.24. The van der Waals surface area contributed by atoms with E-state index in [0.717, 1.165) is 14.7 Å². The SMILES string of the molecule is C=CCOc1c(I)cc(/C=c2\sc3n(c2=O)[C@@H](c2ccc(Cl)cc2)C(C(=O)OCC)=C(C)N=3)cc1OC. The van der Waals surface area contributed by atoms with Crippen LogP contribution in [0.2, 0.25) is 5.02 Å². The van der Waals surface area contributed by atoms with Crippen molar-refractivity contribution in [3.05, 3.63) is 99.7 Å². The van der Waals surface area contributed by atoms with Gasteiger partial charge in [-0.25, -0.2) is 9.79 Å². The molecule has 2 heterocycles. The molecule has 4 rings (SSSR count). The zero-order chi connectivity index (χ0) is 26.7. The second kappa shape index (κ2) is 11.7. The minimum atomic E-state index is -0.695. The zero-order valence-corrected chi connectivity index (χ0v) is 24.1. The summed E-state index contributed by atoms with van der Waals surface area (Å²) in [6.07, 6.45) is 3.45. The molecule has 7 nitrogen and oxygen atoms in total. The van der Waals surface area contributed by atoms with Gasteiger partial charge in [-0.2, -0.15) is 0 Å². The summed E-state index contributed by atoms with van der Waals surface area (Å²) >= 11 is 9.54. The van der Waals surface area contributed by atoms with Gasteiger partial charge >= 0.3 is 5.97 Å². The van der Waals surface area contributed by atoms with Crippen molar-refractivity contribution in [2.24, 2.45) is 4.99 Å². The Morgan fingerprint density at radius 2 is 2.03 bits per heavy atom. The molecule has 0 bridgehead atoms. The van der Waals surface area contributed by atoms with E-state index in [-0.39, 0.29) is 12.2 Å². The Morgan fingerprint density at radius 1 is 1.30 bits per heavy atom. The van der Waals surface area contributed by atoms with Gasteiger partial charge in [-0.1, -0.05) is 47.7 Å². The zero-order valence-electron chi connectivity index (χ0n) is 20.4. The molecular weight excluding hydrogens is 627 g/mol. The van der Waals surface area contributed by atoms with Crippen LogP contribution < -0.4 is 24.4 Å². The van der Waals surface area contributed by atoms with Crippen LogP contribution in [-0.4, -0.2) is 30.9 Å². The van der Waals surface area contributed by atoms with Crippen molar-refractivity contribution in [2.45, 2.75) is 19.9 Å². The number of benzene rings is 2. The first-order valence-corrected chi connectivity index (χ1v) is 13.6. The lowest BCUT2D eigenvalue weighted by molar-refractivity contribution is -0.139. The van der Waals surface area contributed by atoms with Crippen molar-refractivity contribution in [1.29, 1.82) is 0 Å². The van der Waals surface area contributed by atoms with Gasteiger partial charge in [0, 0.05) is 5.02 Å². The lowest BCUT2D eigenvalue weighted by atomic mass is 9.96. The molecule has 0 N–H and O–H groups in total. The summed E-state index contributed by atoms with van der Waals surface area (Å²) < 4.78 is 19.4. The van der Waals surface area contributed by atoms with Crippen LogP contribution in [0.25, 0.3) is 6.08 Å². The van der Waals surface area contributed by atoms with E-state index in [4.69, 9.17) is 25.8 Å². The number of fused-ring (bicyclic) bond motifs is 1. The molecule has 0 fully saturated rings. The van der Waals surface area contributed by atoms with Crippen LogP contribution in [-0.2, 0) is 9.53 Å². The number of allylic oxidation sites excluding steroid dienone is 1. The molecule has 3 aromatic rings. The molecule has 0 saturated heterocycles. The van der Waals surface area contributed by atoms with Crippen molar-refractivity contribution in [1.82, 2.24) is 4.57 Å². The molecular formula is C27H24ClIN2O5S. The second-order valence-corrected chi connectivity index (χ2v) is 10.6. The highest BCUT2D eigenvalue weighted by Crippen LogP contribution is 2.34. The average molecular weight is 651 g/mol. The molecule has 0 radical (unpaired) electrons. The van der Waals surface area contributed by atoms with E-state index in [9.17, 15) is 9.59 Å². The highest BCUT2D eigenvalue weighted by atomic mass is 127. The summed E-state index contributed by atoms with van der Waals surface area (Å²) in [5, 5.41) is 0.554. The number of aromatic nitrogens is 1. The van der Waals surface area contributed by atoms with Gasteiger partial charge in [0.05, 0.1) is 39.1 Å². The molecule has 1 aliphatic rings. The maximum Gasteiger partial charge on any atom is 0.338 e. The number of methoxy groups -OCH3 is 1. The second-order valence-electron chi connectivity index (χ2n) is 7.99. The van der Waals surface area contributed by atoms with Crippen molar-refractivity contribution in [3.8, 4) is 11.5 Å². The van der Waals surface area contributed by atoms with Gasteiger partial charge in [-0.05, 0) is 77.9 Å². The summed E-state index contributed by atoms with van der Waals surface area (Å²) in [5.74, 6) is 0.652. The number of thiazole rings is 1. The number of carbonyl (C=O) groups excluding carboxylic acids is 1. The van der Waals surface area contributed by atoms with Gasteiger partial charge in [0.1, 0.15) is 6.61 Å². The highest BCUT2D eigenvalue weighted by Gasteiger charge is 2.33. The number of hydrogen-bond donors (Lipinski definition) is 0. The topological polar surface area (TPSA) is 79.1 Å². The molecule has 0 spiro atoms.